The van der Waals surface area contributed by atoms with E-state index in [1.165, 1.54) is 0 Å². The lowest BCUT2D eigenvalue weighted by Gasteiger charge is -2.44. The molecule has 3 fully saturated rings. The van der Waals surface area contributed by atoms with Crippen molar-refractivity contribution in [2.45, 2.75) is 13.4 Å². The first-order chi connectivity index (χ1) is 7.11. The van der Waals surface area contributed by atoms with Gasteiger partial charge < -0.3 is 18.9 Å². The third kappa shape index (κ3) is 2.19. The van der Waals surface area contributed by atoms with Crippen molar-refractivity contribution < 1.29 is 23.7 Å². The fraction of sp³-hybridized carbons (Fsp3) is 0.700. The van der Waals surface area contributed by atoms with Crippen molar-refractivity contribution in [2.24, 2.45) is 5.41 Å². The number of rotatable bonds is 3. The second-order valence-electron chi connectivity index (χ2n) is 4.08. The van der Waals surface area contributed by atoms with Crippen molar-refractivity contribution in [1.82, 2.24) is 0 Å². The largest absolute Gasteiger partial charge is 0.461 e. The number of ether oxygens (including phenoxy) is 4. The van der Waals surface area contributed by atoms with Crippen molar-refractivity contribution in [2.75, 3.05) is 26.4 Å². The standard InChI is InChI=1S/C10H14O5/c1-7(2)8(11)12-3-10-4-13-9(14-5-10)15-6-10/h9H,1,3-6H2,2H3. The lowest BCUT2D eigenvalue weighted by atomic mass is 9.91. The van der Waals surface area contributed by atoms with Crippen molar-refractivity contribution >= 4 is 5.97 Å². The van der Waals surface area contributed by atoms with E-state index in [0.717, 1.165) is 0 Å². The summed E-state index contributed by atoms with van der Waals surface area (Å²) in [5.41, 5.74) is 0.0403. The lowest BCUT2D eigenvalue weighted by Crippen LogP contribution is -2.54. The molecule has 0 radical (unpaired) electrons. The highest BCUT2D eigenvalue weighted by molar-refractivity contribution is 5.86. The molecule has 5 heteroatoms. The predicted octanol–water partition coefficient (Wildman–Crippen LogP) is 0.453. The zero-order chi connectivity index (χ0) is 10.9. The smallest absolute Gasteiger partial charge is 0.333 e. The monoisotopic (exact) mass is 214 g/mol. The van der Waals surface area contributed by atoms with E-state index < -0.39 is 12.4 Å². The van der Waals surface area contributed by atoms with Gasteiger partial charge in [0.05, 0.1) is 25.2 Å². The number of fused-ring (bicyclic) bond motifs is 3. The molecule has 15 heavy (non-hydrogen) atoms. The van der Waals surface area contributed by atoms with Gasteiger partial charge in [-0.15, -0.1) is 0 Å². The number of hydrogen-bond acceptors (Lipinski definition) is 5. The number of carbonyl (C=O) groups is 1. The Labute approximate surface area is 87.9 Å². The van der Waals surface area contributed by atoms with E-state index >= 15 is 0 Å². The van der Waals surface area contributed by atoms with E-state index in [9.17, 15) is 4.79 Å². The second-order valence-corrected chi connectivity index (χ2v) is 4.08. The molecular weight excluding hydrogens is 200 g/mol. The Morgan fingerprint density at radius 1 is 1.40 bits per heavy atom. The molecule has 0 aromatic carbocycles. The first-order valence-electron chi connectivity index (χ1n) is 4.79. The van der Waals surface area contributed by atoms with E-state index in [0.29, 0.717) is 25.4 Å². The molecule has 3 rings (SSSR count). The molecule has 0 aromatic heterocycles. The van der Waals surface area contributed by atoms with Crippen LogP contribution in [0.15, 0.2) is 12.2 Å². The third-order valence-corrected chi connectivity index (χ3v) is 2.43. The minimum Gasteiger partial charge on any atom is -0.461 e. The lowest BCUT2D eigenvalue weighted by molar-refractivity contribution is -0.397. The Morgan fingerprint density at radius 3 is 2.40 bits per heavy atom. The maximum absolute atomic E-state index is 11.2. The van der Waals surface area contributed by atoms with Crippen molar-refractivity contribution in [1.29, 1.82) is 0 Å². The van der Waals surface area contributed by atoms with Gasteiger partial charge in [0.25, 0.3) is 6.48 Å². The average Bonchev–Trinajstić information content (AvgIpc) is 2.28. The molecule has 2 bridgehead atoms. The van der Waals surface area contributed by atoms with Crippen molar-refractivity contribution in [3.8, 4) is 0 Å². The van der Waals surface area contributed by atoms with Crippen LogP contribution in [0.1, 0.15) is 6.92 Å². The van der Waals surface area contributed by atoms with Gasteiger partial charge >= 0.3 is 5.97 Å². The van der Waals surface area contributed by atoms with Crippen LogP contribution in [0.25, 0.3) is 0 Å². The van der Waals surface area contributed by atoms with E-state index in [1.54, 1.807) is 6.92 Å². The summed E-state index contributed by atoms with van der Waals surface area (Å²) in [5, 5.41) is 0. The molecule has 3 aliphatic heterocycles. The first kappa shape index (κ1) is 10.6. The minimum atomic E-state index is -0.538. The van der Waals surface area contributed by atoms with E-state index in [2.05, 4.69) is 6.58 Å². The van der Waals surface area contributed by atoms with Gasteiger partial charge in [-0.2, -0.15) is 0 Å². The van der Waals surface area contributed by atoms with Crippen LogP contribution in [0, 0.1) is 5.41 Å². The highest BCUT2D eigenvalue weighted by Gasteiger charge is 2.44. The molecule has 0 spiro atoms. The molecule has 0 aromatic rings. The molecule has 3 heterocycles. The second kappa shape index (κ2) is 3.92. The quantitative estimate of drug-likeness (QED) is 0.504. The first-order valence-corrected chi connectivity index (χ1v) is 4.79. The van der Waals surface area contributed by atoms with Crippen LogP contribution in [0.4, 0.5) is 0 Å². The Morgan fingerprint density at radius 2 is 1.93 bits per heavy atom. The fourth-order valence-electron chi connectivity index (χ4n) is 1.47. The highest BCUT2D eigenvalue weighted by atomic mass is 16.9. The summed E-state index contributed by atoms with van der Waals surface area (Å²) < 4.78 is 20.7. The maximum Gasteiger partial charge on any atom is 0.333 e. The summed E-state index contributed by atoms with van der Waals surface area (Å²) in [6, 6.07) is 0. The summed E-state index contributed by atoms with van der Waals surface area (Å²) in [5.74, 6) is -0.392. The third-order valence-electron chi connectivity index (χ3n) is 2.43. The van der Waals surface area contributed by atoms with Crippen molar-refractivity contribution in [3.63, 3.8) is 0 Å². The van der Waals surface area contributed by atoms with Crippen LogP contribution in [0.3, 0.4) is 0 Å². The van der Waals surface area contributed by atoms with Gasteiger partial charge in [-0.1, -0.05) is 6.58 Å². The summed E-state index contributed by atoms with van der Waals surface area (Å²) in [6.07, 6.45) is 0. The minimum absolute atomic E-state index is 0.241. The molecule has 0 atom stereocenters. The van der Waals surface area contributed by atoms with Crippen LogP contribution in [-0.2, 0) is 23.7 Å². The predicted molar refractivity (Wildman–Crippen MR) is 49.9 cm³/mol. The van der Waals surface area contributed by atoms with Gasteiger partial charge in [-0.3, -0.25) is 0 Å². The Bertz CT molecular complexity index is 264. The summed E-state index contributed by atoms with van der Waals surface area (Å²) >= 11 is 0. The molecule has 84 valence electrons. The Hall–Kier alpha value is -0.910. The van der Waals surface area contributed by atoms with Crippen LogP contribution in [-0.4, -0.2) is 38.9 Å². The van der Waals surface area contributed by atoms with E-state index in [-0.39, 0.29) is 12.0 Å². The summed E-state index contributed by atoms with van der Waals surface area (Å²) in [6.45, 7) is 6.33. The van der Waals surface area contributed by atoms with Crippen LogP contribution < -0.4 is 0 Å². The SMILES string of the molecule is C=C(C)C(=O)OCC12COC(OC1)OC2. The zero-order valence-electron chi connectivity index (χ0n) is 8.65. The van der Waals surface area contributed by atoms with E-state index in [1.807, 2.05) is 0 Å². The normalized spacial score (nSPS) is 33.8. The Balaban J connectivity index is 1.87. The van der Waals surface area contributed by atoms with Gasteiger partial charge in [0.1, 0.15) is 6.61 Å². The summed E-state index contributed by atoms with van der Waals surface area (Å²) in [7, 11) is 0. The van der Waals surface area contributed by atoms with E-state index in [4.69, 9.17) is 18.9 Å². The molecule has 0 amide bonds. The average molecular weight is 214 g/mol. The molecule has 5 nitrogen and oxygen atoms in total. The van der Waals surface area contributed by atoms with Crippen LogP contribution >= 0.6 is 0 Å². The number of carbonyl (C=O) groups excluding carboxylic acids is 1. The van der Waals surface area contributed by atoms with Gasteiger partial charge in [-0.05, 0) is 6.92 Å². The Kier molecular flexibility index (Phi) is 2.77. The molecule has 0 aliphatic carbocycles. The molecular formula is C10H14O5. The fourth-order valence-corrected chi connectivity index (χ4v) is 1.47. The molecule has 0 N–H and O–H groups in total. The molecule has 0 unspecified atom stereocenters. The maximum atomic E-state index is 11.2. The van der Waals surface area contributed by atoms with Crippen LogP contribution in [0.5, 0.6) is 0 Å². The number of hydrogen-bond donors (Lipinski definition) is 0. The zero-order valence-corrected chi connectivity index (χ0v) is 8.65. The van der Waals surface area contributed by atoms with Gasteiger partial charge in [-0.25, -0.2) is 4.79 Å². The molecule has 3 aliphatic rings. The number of esters is 1. The molecule has 3 saturated heterocycles. The summed E-state index contributed by atoms with van der Waals surface area (Å²) in [4.78, 5) is 11.2. The topological polar surface area (TPSA) is 54.0 Å². The van der Waals surface area contributed by atoms with Gasteiger partial charge in [0, 0.05) is 5.57 Å². The van der Waals surface area contributed by atoms with Gasteiger partial charge in [0.15, 0.2) is 0 Å². The molecule has 0 saturated carbocycles. The van der Waals surface area contributed by atoms with Gasteiger partial charge in [0.2, 0.25) is 0 Å². The highest BCUT2D eigenvalue weighted by Crippen LogP contribution is 2.32. The van der Waals surface area contributed by atoms with Crippen LogP contribution in [0.2, 0.25) is 0 Å². The van der Waals surface area contributed by atoms with Crippen molar-refractivity contribution in [3.05, 3.63) is 12.2 Å².